The van der Waals surface area contributed by atoms with Crippen LogP contribution in [0.4, 0.5) is 5.69 Å². The molecule has 0 bridgehead atoms. The van der Waals surface area contributed by atoms with Gasteiger partial charge in [0.2, 0.25) is 0 Å². The van der Waals surface area contributed by atoms with Crippen LogP contribution in [0.3, 0.4) is 0 Å². The molecular formula is C15H22N2O3. The van der Waals surface area contributed by atoms with Gasteiger partial charge in [0, 0.05) is 20.2 Å². The van der Waals surface area contributed by atoms with E-state index < -0.39 is 6.10 Å². The molecule has 0 fully saturated rings. The maximum atomic E-state index is 11.9. The van der Waals surface area contributed by atoms with Crippen LogP contribution in [0.1, 0.15) is 18.9 Å². The topological polar surface area (TPSA) is 59.6 Å². The van der Waals surface area contributed by atoms with Gasteiger partial charge in [-0.2, -0.15) is 0 Å². The van der Waals surface area contributed by atoms with E-state index in [0.29, 0.717) is 13.2 Å². The van der Waals surface area contributed by atoms with E-state index >= 15 is 0 Å². The van der Waals surface area contributed by atoms with Gasteiger partial charge in [0.25, 0.3) is 5.91 Å². The van der Waals surface area contributed by atoms with Crippen molar-refractivity contribution in [2.45, 2.75) is 25.9 Å². The monoisotopic (exact) mass is 278 g/mol. The SMILES string of the molecule is COCCNC(=O)C(C)Oc1cccc2c1NCCC2. The molecule has 5 heteroatoms. The van der Waals surface area contributed by atoms with Crippen molar-refractivity contribution in [3.05, 3.63) is 23.8 Å². The van der Waals surface area contributed by atoms with Crippen LogP contribution in [0, 0.1) is 0 Å². The van der Waals surface area contributed by atoms with Gasteiger partial charge in [0.05, 0.1) is 12.3 Å². The summed E-state index contributed by atoms with van der Waals surface area (Å²) in [6.45, 7) is 3.70. The number of hydrogen-bond donors (Lipinski definition) is 2. The molecule has 110 valence electrons. The van der Waals surface area contributed by atoms with Gasteiger partial charge in [0.1, 0.15) is 5.75 Å². The lowest BCUT2D eigenvalue weighted by molar-refractivity contribution is -0.127. The van der Waals surface area contributed by atoms with E-state index in [-0.39, 0.29) is 5.91 Å². The van der Waals surface area contributed by atoms with E-state index in [1.807, 2.05) is 12.1 Å². The number of fused-ring (bicyclic) bond motifs is 1. The molecule has 0 saturated carbocycles. The number of anilines is 1. The van der Waals surface area contributed by atoms with Crippen molar-refractivity contribution in [2.24, 2.45) is 0 Å². The number of aryl methyl sites for hydroxylation is 1. The van der Waals surface area contributed by atoms with Crippen LogP contribution in [-0.2, 0) is 16.0 Å². The number of carbonyl (C=O) groups excluding carboxylic acids is 1. The third-order valence-electron chi connectivity index (χ3n) is 3.32. The number of rotatable bonds is 6. The predicted molar refractivity (Wildman–Crippen MR) is 78.2 cm³/mol. The molecule has 1 atom stereocenters. The van der Waals surface area contributed by atoms with Crippen LogP contribution < -0.4 is 15.4 Å². The Balaban J connectivity index is 1.97. The van der Waals surface area contributed by atoms with E-state index in [9.17, 15) is 4.79 Å². The minimum atomic E-state index is -0.526. The number of nitrogens with one attached hydrogen (secondary N) is 2. The van der Waals surface area contributed by atoms with Gasteiger partial charge in [-0.15, -0.1) is 0 Å². The van der Waals surface area contributed by atoms with E-state index in [0.717, 1.165) is 30.8 Å². The molecule has 1 aromatic carbocycles. The molecule has 1 aliphatic rings. The van der Waals surface area contributed by atoms with Gasteiger partial charge in [-0.1, -0.05) is 12.1 Å². The fraction of sp³-hybridized carbons (Fsp3) is 0.533. The Labute approximate surface area is 119 Å². The van der Waals surface area contributed by atoms with Crippen molar-refractivity contribution >= 4 is 11.6 Å². The van der Waals surface area contributed by atoms with Crippen molar-refractivity contribution in [1.29, 1.82) is 0 Å². The first-order valence-corrected chi connectivity index (χ1v) is 7.01. The second kappa shape index (κ2) is 7.14. The quantitative estimate of drug-likeness (QED) is 0.776. The Morgan fingerprint density at radius 2 is 2.35 bits per heavy atom. The molecule has 20 heavy (non-hydrogen) atoms. The molecule has 0 radical (unpaired) electrons. The molecule has 5 nitrogen and oxygen atoms in total. The highest BCUT2D eigenvalue weighted by molar-refractivity contribution is 5.81. The van der Waals surface area contributed by atoms with E-state index in [1.165, 1.54) is 5.56 Å². The van der Waals surface area contributed by atoms with Crippen LogP contribution in [0.2, 0.25) is 0 Å². The summed E-state index contributed by atoms with van der Waals surface area (Å²) in [5.41, 5.74) is 2.27. The summed E-state index contributed by atoms with van der Waals surface area (Å²) in [6, 6.07) is 5.96. The van der Waals surface area contributed by atoms with Crippen molar-refractivity contribution in [2.75, 3.05) is 32.1 Å². The maximum Gasteiger partial charge on any atom is 0.260 e. The Morgan fingerprint density at radius 1 is 1.50 bits per heavy atom. The van der Waals surface area contributed by atoms with Crippen LogP contribution >= 0.6 is 0 Å². The molecule has 1 unspecified atom stereocenters. The molecule has 0 spiro atoms. The second-order valence-corrected chi connectivity index (χ2v) is 4.86. The van der Waals surface area contributed by atoms with Gasteiger partial charge in [-0.05, 0) is 31.4 Å². The lowest BCUT2D eigenvalue weighted by Crippen LogP contribution is -2.38. The molecule has 0 aliphatic carbocycles. The number of para-hydroxylation sites is 1. The van der Waals surface area contributed by atoms with Crippen LogP contribution in [0.25, 0.3) is 0 Å². The predicted octanol–water partition coefficient (Wildman–Crippen LogP) is 1.57. The Hall–Kier alpha value is -1.75. The van der Waals surface area contributed by atoms with Crippen LogP contribution in [-0.4, -0.2) is 38.8 Å². The van der Waals surface area contributed by atoms with Crippen LogP contribution in [0.5, 0.6) is 5.75 Å². The van der Waals surface area contributed by atoms with E-state index in [4.69, 9.17) is 9.47 Å². The zero-order valence-electron chi connectivity index (χ0n) is 12.1. The van der Waals surface area contributed by atoms with E-state index in [1.54, 1.807) is 14.0 Å². The maximum absolute atomic E-state index is 11.9. The van der Waals surface area contributed by atoms with Gasteiger partial charge < -0.3 is 20.1 Å². The number of ether oxygens (including phenoxy) is 2. The Morgan fingerprint density at radius 3 is 3.15 bits per heavy atom. The lowest BCUT2D eigenvalue weighted by atomic mass is 10.0. The van der Waals surface area contributed by atoms with E-state index in [2.05, 4.69) is 16.7 Å². The standard InChI is InChI=1S/C15H22N2O3/c1-11(15(18)17-9-10-19-2)20-13-7-3-5-12-6-4-8-16-14(12)13/h3,5,7,11,16H,4,6,8-10H2,1-2H3,(H,17,18). The smallest absolute Gasteiger partial charge is 0.260 e. The van der Waals surface area contributed by atoms with Crippen molar-refractivity contribution in [3.8, 4) is 5.75 Å². The summed E-state index contributed by atoms with van der Waals surface area (Å²) in [7, 11) is 1.61. The first-order chi connectivity index (χ1) is 9.72. The van der Waals surface area contributed by atoms with Crippen molar-refractivity contribution in [3.63, 3.8) is 0 Å². The molecule has 0 aromatic heterocycles. The fourth-order valence-electron chi connectivity index (χ4n) is 2.24. The summed E-state index contributed by atoms with van der Waals surface area (Å²) in [5, 5.41) is 6.13. The van der Waals surface area contributed by atoms with Crippen LogP contribution in [0.15, 0.2) is 18.2 Å². The molecule has 1 aliphatic heterocycles. The average molecular weight is 278 g/mol. The van der Waals surface area contributed by atoms with Crippen molar-refractivity contribution < 1.29 is 14.3 Å². The van der Waals surface area contributed by atoms with Gasteiger partial charge in [-0.25, -0.2) is 0 Å². The third-order valence-corrected chi connectivity index (χ3v) is 3.32. The number of amides is 1. The molecular weight excluding hydrogens is 256 g/mol. The number of methoxy groups -OCH3 is 1. The molecule has 2 N–H and O–H groups in total. The summed E-state index contributed by atoms with van der Waals surface area (Å²) >= 11 is 0. The number of hydrogen-bond acceptors (Lipinski definition) is 4. The normalized spacial score (nSPS) is 14.9. The minimum absolute atomic E-state index is 0.129. The largest absolute Gasteiger partial charge is 0.479 e. The third kappa shape index (κ3) is 3.63. The van der Waals surface area contributed by atoms with Gasteiger partial charge in [-0.3, -0.25) is 4.79 Å². The zero-order chi connectivity index (χ0) is 14.4. The highest BCUT2D eigenvalue weighted by Gasteiger charge is 2.18. The molecule has 1 heterocycles. The minimum Gasteiger partial charge on any atom is -0.479 e. The van der Waals surface area contributed by atoms with Gasteiger partial charge >= 0.3 is 0 Å². The zero-order valence-corrected chi connectivity index (χ0v) is 12.1. The number of benzene rings is 1. The average Bonchev–Trinajstić information content (AvgIpc) is 2.47. The summed E-state index contributed by atoms with van der Waals surface area (Å²) in [5.74, 6) is 0.618. The summed E-state index contributed by atoms with van der Waals surface area (Å²) < 4.78 is 10.7. The first-order valence-electron chi connectivity index (χ1n) is 7.01. The second-order valence-electron chi connectivity index (χ2n) is 4.86. The lowest BCUT2D eigenvalue weighted by Gasteiger charge is -2.23. The number of carbonyl (C=O) groups is 1. The molecule has 0 saturated heterocycles. The summed E-state index contributed by atoms with van der Waals surface area (Å²) in [6.07, 6.45) is 1.65. The fourth-order valence-corrected chi connectivity index (χ4v) is 2.24. The highest BCUT2D eigenvalue weighted by Crippen LogP contribution is 2.32. The van der Waals surface area contributed by atoms with Crippen molar-refractivity contribution in [1.82, 2.24) is 5.32 Å². The molecule has 2 rings (SSSR count). The Bertz CT molecular complexity index is 462. The highest BCUT2D eigenvalue weighted by atomic mass is 16.5. The van der Waals surface area contributed by atoms with Gasteiger partial charge in [0.15, 0.2) is 6.10 Å². The molecule has 1 aromatic rings. The summed E-state index contributed by atoms with van der Waals surface area (Å²) in [4.78, 5) is 11.9. The first kappa shape index (κ1) is 14.7. The molecule has 1 amide bonds. The Kier molecular flexibility index (Phi) is 5.24.